The molecule has 1 heterocycles. The van der Waals surface area contributed by atoms with Crippen molar-refractivity contribution in [2.45, 2.75) is 118 Å². The monoisotopic (exact) mass is 753 g/mol. The van der Waals surface area contributed by atoms with E-state index in [0.29, 0.717) is 32.5 Å². The number of nitrogens with two attached hydrogens (primary N) is 1. The number of aliphatic hydroxyl groups excluding tert-OH is 1. The smallest absolute Gasteiger partial charge is 0.245 e. The number of carbonyl (C=O) groups excluding carboxylic acids is 7. The van der Waals surface area contributed by atoms with Gasteiger partial charge >= 0.3 is 0 Å². The molecule has 0 aromatic rings. The van der Waals surface area contributed by atoms with Crippen molar-refractivity contribution >= 4 is 41.4 Å². The molecular formula is C37H68N8O8. The van der Waals surface area contributed by atoms with Gasteiger partial charge in [0.05, 0.1) is 25.6 Å². The third-order valence-electron chi connectivity index (χ3n) is 9.79. The molecule has 6 atom stereocenters. The summed E-state index contributed by atoms with van der Waals surface area (Å²) in [6.07, 6.45) is 0.313. The Labute approximate surface area is 316 Å². The average Bonchev–Trinajstić information content (AvgIpc) is 3.07. The summed E-state index contributed by atoms with van der Waals surface area (Å²) in [5.41, 5.74) is 5.62. The molecular weight excluding hydrogens is 684 g/mol. The van der Waals surface area contributed by atoms with Crippen molar-refractivity contribution < 1.29 is 38.7 Å². The van der Waals surface area contributed by atoms with Crippen molar-refractivity contribution in [3.8, 4) is 0 Å². The van der Waals surface area contributed by atoms with Crippen LogP contribution in [0, 0.1) is 23.7 Å². The summed E-state index contributed by atoms with van der Waals surface area (Å²) in [7, 11) is 4.40. The van der Waals surface area contributed by atoms with E-state index in [1.165, 1.54) is 35.8 Å². The largest absolute Gasteiger partial charge is 0.392 e. The molecule has 0 aromatic heterocycles. The first-order chi connectivity index (χ1) is 24.6. The SMILES string of the molecule is CC[C@H](NC(=O)C[C@H](O)[C@H](C)CCN1CCNC(=O)C1)C(=O)N(C)CC(=O)N(C)[C@@H](CC(C)C)C(=O)N[C@H](C(=O)N(C)[C@@H](CC(C)C)C(N)=O)C(C)C. The molecule has 1 rings (SSSR count). The van der Waals surface area contributed by atoms with Crippen LogP contribution >= 0.6 is 0 Å². The van der Waals surface area contributed by atoms with Crippen molar-refractivity contribution in [1.82, 2.24) is 35.6 Å². The lowest BCUT2D eigenvalue weighted by Crippen LogP contribution is -2.59. The third-order valence-corrected chi connectivity index (χ3v) is 9.79. The summed E-state index contributed by atoms with van der Waals surface area (Å²) in [5.74, 6) is -3.70. The maximum Gasteiger partial charge on any atom is 0.245 e. The highest BCUT2D eigenvalue weighted by atomic mass is 16.3. The number of rotatable bonds is 22. The van der Waals surface area contributed by atoms with Gasteiger partial charge in [-0.2, -0.15) is 0 Å². The Bertz CT molecular complexity index is 1260. The zero-order valence-electron chi connectivity index (χ0n) is 33.9. The molecule has 16 nitrogen and oxygen atoms in total. The molecule has 1 fully saturated rings. The van der Waals surface area contributed by atoms with Crippen LogP contribution in [0.25, 0.3) is 0 Å². The van der Waals surface area contributed by atoms with E-state index in [1.54, 1.807) is 20.8 Å². The molecule has 0 aromatic carbocycles. The van der Waals surface area contributed by atoms with Crippen LogP contribution in [0.5, 0.6) is 0 Å². The highest BCUT2D eigenvalue weighted by Crippen LogP contribution is 2.17. The van der Waals surface area contributed by atoms with Gasteiger partial charge in [0.15, 0.2) is 0 Å². The van der Waals surface area contributed by atoms with E-state index in [0.717, 1.165) is 6.54 Å². The van der Waals surface area contributed by atoms with Gasteiger partial charge in [-0.1, -0.05) is 55.4 Å². The summed E-state index contributed by atoms with van der Waals surface area (Å²) in [4.78, 5) is 96.7. The van der Waals surface area contributed by atoms with Crippen LogP contribution in [0.4, 0.5) is 0 Å². The van der Waals surface area contributed by atoms with Crippen molar-refractivity contribution in [3.05, 3.63) is 0 Å². The minimum atomic E-state index is -0.989. The number of hydrogen-bond donors (Lipinski definition) is 5. The second kappa shape index (κ2) is 22.4. The van der Waals surface area contributed by atoms with Gasteiger partial charge in [0.1, 0.15) is 24.2 Å². The van der Waals surface area contributed by atoms with Crippen molar-refractivity contribution in [2.75, 3.05) is 53.9 Å². The molecule has 53 heavy (non-hydrogen) atoms. The first kappa shape index (κ1) is 47.2. The van der Waals surface area contributed by atoms with Crippen molar-refractivity contribution in [1.29, 1.82) is 0 Å². The van der Waals surface area contributed by atoms with E-state index in [4.69, 9.17) is 5.73 Å². The Morgan fingerprint density at radius 3 is 1.98 bits per heavy atom. The number of piperazine rings is 1. The van der Waals surface area contributed by atoms with E-state index >= 15 is 0 Å². The van der Waals surface area contributed by atoms with Gasteiger partial charge in [0.25, 0.3) is 0 Å². The van der Waals surface area contributed by atoms with Crippen LogP contribution in [0.2, 0.25) is 0 Å². The molecule has 0 aliphatic carbocycles. The van der Waals surface area contributed by atoms with Gasteiger partial charge in [-0.25, -0.2) is 0 Å². The fourth-order valence-electron chi connectivity index (χ4n) is 6.21. The van der Waals surface area contributed by atoms with Gasteiger partial charge in [-0.05, 0) is 55.9 Å². The number of primary amides is 1. The molecule has 0 unspecified atom stereocenters. The molecule has 0 saturated carbocycles. The Morgan fingerprint density at radius 2 is 1.47 bits per heavy atom. The Kier molecular flexibility index (Phi) is 20.0. The number of aliphatic hydroxyl groups is 1. The highest BCUT2D eigenvalue weighted by Gasteiger charge is 2.37. The molecule has 7 amide bonds. The highest BCUT2D eigenvalue weighted by molar-refractivity contribution is 5.95. The van der Waals surface area contributed by atoms with Crippen LogP contribution in [0.1, 0.15) is 87.5 Å². The lowest BCUT2D eigenvalue weighted by Gasteiger charge is -2.35. The molecule has 304 valence electrons. The third kappa shape index (κ3) is 15.6. The topological polar surface area (TPSA) is 215 Å². The normalized spacial score (nSPS) is 16.9. The zero-order valence-corrected chi connectivity index (χ0v) is 33.9. The van der Waals surface area contributed by atoms with Crippen molar-refractivity contribution in [3.63, 3.8) is 0 Å². The molecule has 1 aliphatic heterocycles. The summed E-state index contributed by atoms with van der Waals surface area (Å²) in [5, 5.41) is 19.0. The van der Waals surface area contributed by atoms with Gasteiger partial charge < -0.3 is 41.5 Å². The van der Waals surface area contributed by atoms with E-state index < -0.39 is 65.7 Å². The molecule has 1 saturated heterocycles. The van der Waals surface area contributed by atoms with Gasteiger partial charge in [0, 0.05) is 34.2 Å². The molecule has 6 N–H and O–H groups in total. The molecule has 0 bridgehead atoms. The minimum absolute atomic E-state index is 0.00876. The predicted octanol–water partition coefficient (Wildman–Crippen LogP) is -0.0791. The summed E-state index contributed by atoms with van der Waals surface area (Å²) < 4.78 is 0. The van der Waals surface area contributed by atoms with Crippen LogP contribution in [0.3, 0.4) is 0 Å². The van der Waals surface area contributed by atoms with E-state index in [2.05, 4.69) is 16.0 Å². The lowest BCUT2D eigenvalue weighted by molar-refractivity contribution is -0.146. The number of carbonyl (C=O) groups is 7. The summed E-state index contributed by atoms with van der Waals surface area (Å²) >= 11 is 0. The first-order valence-electron chi connectivity index (χ1n) is 18.9. The van der Waals surface area contributed by atoms with Crippen LogP contribution < -0.4 is 21.7 Å². The van der Waals surface area contributed by atoms with Crippen molar-refractivity contribution in [2.24, 2.45) is 29.4 Å². The molecule has 0 radical (unpaired) electrons. The number of amides is 7. The number of likely N-dealkylation sites (N-methyl/N-ethyl adjacent to an activating group) is 3. The maximum absolute atomic E-state index is 13.8. The van der Waals surface area contributed by atoms with Crippen LogP contribution in [-0.4, -0.2) is 150 Å². The summed E-state index contributed by atoms with van der Waals surface area (Å²) in [6, 6.07) is -3.75. The van der Waals surface area contributed by atoms with Crippen LogP contribution in [0.15, 0.2) is 0 Å². The lowest BCUT2D eigenvalue weighted by atomic mass is 9.97. The number of hydrogen-bond acceptors (Lipinski definition) is 9. The second-order valence-electron chi connectivity index (χ2n) is 15.8. The Balaban J connectivity index is 2.92. The number of nitrogens with zero attached hydrogens (tertiary/aromatic N) is 4. The summed E-state index contributed by atoms with van der Waals surface area (Å²) in [6.45, 7) is 16.6. The van der Waals surface area contributed by atoms with Gasteiger partial charge in [-0.15, -0.1) is 0 Å². The molecule has 0 spiro atoms. The Morgan fingerprint density at radius 1 is 0.887 bits per heavy atom. The second-order valence-corrected chi connectivity index (χ2v) is 15.8. The predicted molar refractivity (Wildman–Crippen MR) is 202 cm³/mol. The van der Waals surface area contributed by atoms with E-state index in [1.807, 2.05) is 39.5 Å². The maximum atomic E-state index is 13.8. The van der Waals surface area contributed by atoms with Gasteiger partial charge in [0.2, 0.25) is 41.4 Å². The molecule has 16 heteroatoms. The zero-order chi connectivity index (χ0) is 40.7. The standard InChI is InChI=1S/C37H68N8O8/c1-12-26(40-30(47)19-29(46)25(8)13-15-45-16-14-39-31(48)20-45)36(52)42(9)21-32(49)43(10)28(18-23(4)5)35(51)41-33(24(6)7)37(53)44(11)27(34(38)50)17-22(2)3/h22-29,33,46H,12-21H2,1-11H3,(H2,38,50)(H,39,48)(H,40,47)(H,41,51)/t25-,26+,27+,28+,29+,33+/m1/s1. The van der Waals surface area contributed by atoms with Gasteiger partial charge in [-0.3, -0.25) is 38.5 Å². The van der Waals surface area contributed by atoms with E-state index in [9.17, 15) is 38.7 Å². The van der Waals surface area contributed by atoms with E-state index in [-0.39, 0.29) is 55.4 Å². The Hall–Kier alpha value is -3.79. The fourth-order valence-corrected chi connectivity index (χ4v) is 6.21. The number of nitrogens with one attached hydrogen (secondary N) is 3. The first-order valence-corrected chi connectivity index (χ1v) is 18.9. The average molecular weight is 753 g/mol. The fraction of sp³-hybridized carbons (Fsp3) is 0.811. The molecule has 1 aliphatic rings. The minimum Gasteiger partial charge on any atom is -0.392 e. The quantitative estimate of drug-likeness (QED) is 0.0999. The van der Waals surface area contributed by atoms with Crippen LogP contribution in [-0.2, 0) is 33.6 Å².